The third kappa shape index (κ3) is 5.40. The fraction of sp³-hybridized carbons (Fsp3) is 0.412. The van der Waals surface area contributed by atoms with Crippen LogP contribution in [0.3, 0.4) is 0 Å². The van der Waals surface area contributed by atoms with Crippen LogP contribution in [0, 0.1) is 0 Å². The number of aromatic nitrogens is 1. The van der Waals surface area contributed by atoms with Crippen molar-refractivity contribution in [1.82, 2.24) is 20.5 Å². The number of carbonyl (C=O) groups is 1. The number of amides is 1. The van der Waals surface area contributed by atoms with Crippen molar-refractivity contribution in [2.45, 2.75) is 13.1 Å². The number of ether oxygens (including phenoxy) is 1. The van der Waals surface area contributed by atoms with Crippen molar-refractivity contribution in [3.63, 3.8) is 0 Å². The second-order valence-corrected chi connectivity index (χ2v) is 6.81. The molecule has 0 radical (unpaired) electrons. The third-order valence-electron chi connectivity index (χ3n) is 3.96. The second-order valence-electron chi connectivity index (χ2n) is 5.65. The molecule has 0 spiro atoms. The molecule has 0 atom stereocenters. The molecule has 2 aromatic rings. The largest absolute Gasteiger partial charge is 0.481 e. The summed E-state index contributed by atoms with van der Waals surface area (Å²) in [6, 6.07) is 7.68. The van der Waals surface area contributed by atoms with Crippen LogP contribution in [0.4, 0.5) is 0 Å². The Morgan fingerprint density at radius 1 is 1.36 bits per heavy atom. The van der Waals surface area contributed by atoms with Crippen LogP contribution in [0.15, 0.2) is 30.5 Å². The summed E-state index contributed by atoms with van der Waals surface area (Å²) >= 11 is 1.56. The van der Waals surface area contributed by atoms with Gasteiger partial charge in [-0.3, -0.25) is 9.69 Å². The molecule has 0 saturated carbocycles. The van der Waals surface area contributed by atoms with Gasteiger partial charge in [0.25, 0.3) is 5.91 Å². The maximum atomic E-state index is 12.3. The molecule has 25 heavy (non-hydrogen) atoms. The molecule has 1 fully saturated rings. The molecule has 1 saturated heterocycles. The number of methoxy groups -OCH3 is 1. The van der Waals surface area contributed by atoms with Gasteiger partial charge < -0.3 is 15.4 Å². The van der Waals surface area contributed by atoms with Gasteiger partial charge in [-0.15, -0.1) is 23.7 Å². The van der Waals surface area contributed by atoms with E-state index in [0.29, 0.717) is 12.4 Å². The van der Waals surface area contributed by atoms with E-state index in [4.69, 9.17) is 4.74 Å². The van der Waals surface area contributed by atoms with Gasteiger partial charge in [-0.2, -0.15) is 0 Å². The number of hydrogen-bond acceptors (Lipinski definition) is 6. The molecule has 6 nitrogen and oxygen atoms in total. The number of halogens is 1. The predicted octanol–water partition coefficient (Wildman–Crippen LogP) is 1.91. The molecular weight excluding hydrogens is 360 g/mol. The Bertz CT molecular complexity index is 689. The molecule has 0 aliphatic carbocycles. The predicted molar refractivity (Wildman–Crippen MR) is 102 cm³/mol. The molecule has 1 aliphatic rings. The summed E-state index contributed by atoms with van der Waals surface area (Å²) < 4.78 is 5.20. The average Bonchev–Trinajstić information content (AvgIpc) is 3.09. The minimum Gasteiger partial charge on any atom is -0.481 e. The first-order valence-corrected chi connectivity index (χ1v) is 8.86. The zero-order valence-electron chi connectivity index (χ0n) is 14.2. The zero-order chi connectivity index (χ0) is 16.8. The molecule has 3 rings (SSSR count). The lowest BCUT2D eigenvalue weighted by molar-refractivity contribution is 0.0954. The zero-order valence-corrected chi connectivity index (χ0v) is 15.8. The fourth-order valence-electron chi connectivity index (χ4n) is 2.68. The minimum atomic E-state index is -0.0579. The van der Waals surface area contributed by atoms with Gasteiger partial charge >= 0.3 is 0 Å². The van der Waals surface area contributed by atoms with Crippen molar-refractivity contribution in [2.24, 2.45) is 0 Å². The van der Waals surface area contributed by atoms with Crippen molar-refractivity contribution in [1.29, 1.82) is 0 Å². The van der Waals surface area contributed by atoms with E-state index in [1.54, 1.807) is 24.6 Å². The van der Waals surface area contributed by atoms with E-state index >= 15 is 0 Å². The SMILES string of the molecule is COc1ncccc1CNC(=O)c1ccc(CN2CCNCC2)s1.Cl. The monoisotopic (exact) mass is 382 g/mol. The molecule has 0 bridgehead atoms. The van der Waals surface area contributed by atoms with Crippen molar-refractivity contribution < 1.29 is 9.53 Å². The Balaban J connectivity index is 0.00000225. The van der Waals surface area contributed by atoms with Crippen LogP contribution < -0.4 is 15.4 Å². The highest BCUT2D eigenvalue weighted by atomic mass is 35.5. The van der Waals surface area contributed by atoms with E-state index in [2.05, 4.69) is 20.5 Å². The lowest BCUT2D eigenvalue weighted by atomic mass is 10.2. The number of piperazine rings is 1. The maximum absolute atomic E-state index is 12.3. The summed E-state index contributed by atoms with van der Waals surface area (Å²) in [5, 5.41) is 6.28. The van der Waals surface area contributed by atoms with Gasteiger partial charge in [0.1, 0.15) is 0 Å². The Kier molecular flexibility index (Phi) is 7.64. The highest BCUT2D eigenvalue weighted by Gasteiger charge is 2.14. The van der Waals surface area contributed by atoms with Gasteiger partial charge in [0.15, 0.2) is 0 Å². The van der Waals surface area contributed by atoms with Crippen LogP contribution in [0.5, 0.6) is 5.88 Å². The molecule has 1 aliphatic heterocycles. The number of nitrogens with zero attached hydrogens (tertiary/aromatic N) is 2. The number of hydrogen-bond donors (Lipinski definition) is 2. The molecule has 0 aromatic carbocycles. The van der Waals surface area contributed by atoms with Crippen molar-refractivity contribution in [3.8, 4) is 5.88 Å². The first-order valence-electron chi connectivity index (χ1n) is 8.04. The summed E-state index contributed by atoms with van der Waals surface area (Å²) in [7, 11) is 1.58. The van der Waals surface area contributed by atoms with Gasteiger partial charge in [-0.1, -0.05) is 6.07 Å². The Hall–Kier alpha value is -1.67. The Labute approximate surface area is 158 Å². The molecule has 0 unspecified atom stereocenters. The van der Waals surface area contributed by atoms with Gasteiger partial charge in [0, 0.05) is 55.9 Å². The van der Waals surface area contributed by atoms with Crippen LogP contribution in [0.1, 0.15) is 20.1 Å². The summed E-state index contributed by atoms with van der Waals surface area (Å²) in [5.41, 5.74) is 0.867. The van der Waals surface area contributed by atoms with E-state index in [1.807, 2.05) is 24.3 Å². The van der Waals surface area contributed by atoms with E-state index in [9.17, 15) is 4.79 Å². The lowest BCUT2D eigenvalue weighted by Gasteiger charge is -2.26. The standard InChI is InChI=1S/C17H22N4O2S.ClH/c1-23-17-13(3-2-6-19-17)11-20-16(22)15-5-4-14(24-15)12-21-9-7-18-8-10-21;/h2-6,18H,7-12H2,1H3,(H,20,22);1H. The molecule has 8 heteroatoms. The van der Waals surface area contributed by atoms with E-state index in [1.165, 1.54) is 4.88 Å². The summed E-state index contributed by atoms with van der Waals surface area (Å²) in [5.74, 6) is 0.487. The Morgan fingerprint density at radius 3 is 2.92 bits per heavy atom. The highest BCUT2D eigenvalue weighted by molar-refractivity contribution is 7.14. The van der Waals surface area contributed by atoms with Crippen molar-refractivity contribution in [2.75, 3.05) is 33.3 Å². The molecular formula is C17H23ClN4O2S. The highest BCUT2D eigenvalue weighted by Crippen LogP contribution is 2.19. The van der Waals surface area contributed by atoms with E-state index in [-0.39, 0.29) is 18.3 Å². The number of rotatable bonds is 6. The summed E-state index contributed by atoms with van der Waals surface area (Å²) in [6.07, 6.45) is 1.67. The van der Waals surface area contributed by atoms with Crippen molar-refractivity contribution >= 4 is 29.7 Å². The summed E-state index contributed by atoms with van der Waals surface area (Å²) in [6.45, 7) is 5.49. The molecule has 2 N–H and O–H groups in total. The third-order valence-corrected chi connectivity index (χ3v) is 5.03. The second kappa shape index (κ2) is 9.72. The Morgan fingerprint density at radius 2 is 2.16 bits per heavy atom. The topological polar surface area (TPSA) is 66.5 Å². The first-order chi connectivity index (χ1) is 11.8. The number of thiophene rings is 1. The quantitative estimate of drug-likeness (QED) is 0.798. The van der Waals surface area contributed by atoms with Crippen LogP contribution in [-0.4, -0.2) is 49.1 Å². The smallest absolute Gasteiger partial charge is 0.261 e. The first kappa shape index (κ1) is 19.7. The fourth-order valence-corrected chi connectivity index (χ4v) is 3.65. The molecule has 2 aromatic heterocycles. The lowest BCUT2D eigenvalue weighted by Crippen LogP contribution is -2.42. The number of carbonyl (C=O) groups excluding carboxylic acids is 1. The van der Waals surface area contributed by atoms with Crippen LogP contribution in [-0.2, 0) is 13.1 Å². The normalized spacial score (nSPS) is 14.6. The number of nitrogens with one attached hydrogen (secondary N) is 2. The molecule has 136 valence electrons. The molecule has 3 heterocycles. The van der Waals surface area contributed by atoms with E-state index in [0.717, 1.165) is 43.2 Å². The minimum absolute atomic E-state index is 0. The van der Waals surface area contributed by atoms with E-state index < -0.39 is 0 Å². The van der Waals surface area contributed by atoms with Crippen LogP contribution >= 0.6 is 23.7 Å². The van der Waals surface area contributed by atoms with Gasteiger partial charge in [-0.05, 0) is 18.2 Å². The molecule has 1 amide bonds. The van der Waals surface area contributed by atoms with Gasteiger partial charge in [0.05, 0.1) is 12.0 Å². The van der Waals surface area contributed by atoms with Gasteiger partial charge in [-0.25, -0.2) is 4.98 Å². The van der Waals surface area contributed by atoms with Crippen molar-refractivity contribution in [3.05, 3.63) is 45.8 Å². The number of pyridine rings is 1. The summed E-state index contributed by atoms with van der Waals surface area (Å²) in [4.78, 5) is 20.8. The maximum Gasteiger partial charge on any atom is 0.261 e. The van der Waals surface area contributed by atoms with Gasteiger partial charge in [0.2, 0.25) is 5.88 Å². The van der Waals surface area contributed by atoms with Crippen LogP contribution in [0.25, 0.3) is 0 Å². The van der Waals surface area contributed by atoms with Crippen LogP contribution in [0.2, 0.25) is 0 Å². The average molecular weight is 383 g/mol.